The van der Waals surface area contributed by atoms with Crippen molar-refractivity contribution in [3.05, 3.63) is 22.8 Å². The zero-order valence-corrected chi connectivity index (χ0v) is 17.4. The maximum Gasteiger partial charge on any atom is 0.241 e. The largest absolute Gasteiger partial charge is 0.496 e. The number of rotatable bonds is 5. The highest BCUT2D eigenvalue weighted by atomic mass is 32.2. The Bertz CT molecular complexity index is 835. The Kier molecular flexibility index (Phi) is 4.99. The number of morpholine rings is 1. The van der Waals surface area contributed by atoms with Crippen LogP contribution in [0, 0.1) is 26.7 Å². The maximum absolute atomic E-state index is 13.2. The van der Waals surface area contributed by atoms with Crippen molar-refractivity contribution in [2.75, 3.05) is 26.8 Å². The molecule has 3 aliphatic rings. The molecule has 0 spiro atoms. The third-order valence-electron chi connectivity index (χ3n) is 6.38. The van der Waals surface area contributed by atoms with Crippen LogP contribution < -0.4 is 9.46 Å². The predicted molar refractivity (Wildman–Crippen MR) is 104 cm³/mol. The lowest BCUT2D eigenvalue weighted by Gasteiger charge is -2.35. The molecule has 1 N–H and O–H groups in total. The molecule has 1 aromatic carbocycles. The van der Waals surface area contributed by atoms with E-state index in [4.69, 9.17) is 9.47 Å². The molecule has 2 heterocycles. The van der Waals surface area contributed by atoms with E-state index in [9.17, 15) is 8.42 Å². The zero-order chi connectivity index (χ0) is 19.3. The Morgan fingerprint density at radius 1 is 1.19 bits per heavy atom. The number of nitrogens with one attached hydrogen (secondary N) is 1. The molecule has 3 atom stereocenters. The van der Waals surface area contributed by atoms with E-state index in [0.717, 1.165) is 48.6 Å². The maximum atomic E-state index is 13.2. The van der Waals surface area contributed by atoms with Gasteiger partial charge in [-0.1, -0.05) is 0 Å². The molecule has 1 aromatic rings. The summed E-state index contributed by atoms with van der Waals surface area (Å²) in [5.74, 6) is 1.44. The molecule has 0 radical (unpaired) electrons. The summed E-state index contributed by atoms with van der Waals surface area (Å²) in [4.78, 5) is 2.80. The van der Waals surface area contributed by atoms with Crippen LogP contribution in [0.2, 0.25) is 0 Å². The molecular weight excluding hydrogens is 364 g/mol. The molecule has 1 aliphatic carbocycles. The molecule has 0 bridgehead atoms. The fourth-order valence-corrected chi connectivity index (χ4v) is 6.43. The molecule has 150 valence electrons. The van der Waals surface area contributed by atoms with Crippen molar-refractivity contribution >= 4 is 10.0 Å². The van der Waals surface area contributed by atoms with Crippen molar-refractivity contribution in [1.29, 1.82) is 0 Å². The number of methoxy groups -OCH3 is 1. The van der Waals surface area contributed by atoms with Crippen LogP contribution in [0.15, 0.2) is 11.0 Å². The van der Waals surface area contributed by atoms with Gasteiger partial charge in [-0.3, -0.25) is 4.90 Å². The fraction of sp³-hybridized carbons (Fsp3) is 0.700. The number of hydrogen-bond acceptors (Lipinski definition) is 5. The molecular formula is C20H30N2O4S. The van der Waals surface area contributed by atoms with Gasteiger partial charge in [-0.2, -0.15) is 0 Å². The van der Waals surface area contributed by atoms with Crippen LogP contribution in [-0.4, -0.2) is 58.3 Å². The molecule has 3 fully saturated rings. The highest BCUT2D eigenvalue weighted by molar-refractivity contribution is 7.89. The highest BCUT2D eigenvalue weighted by Gasteiger charge is 2.43. The van der Waals surface area contributed by atoms with Crippen molar-refractivity contribution in [3.8, 4) is 5.75 Å². The number of sulfonamides is 1. The Hall–Kier alpha value is -1.15. The molecule has 1 saturated carbocycles. The monoisotopic (exact) mass is 394 g/mol. The van der Waals surface area contributed by atoms with Crippen LogP contribution in [0.25, 0.3) is 0 Å². The Morgan fingerprint density at radius 3 is 2.59 bits per heavy atom. The van der Waals surface area contributed by atoms with Crippen molar-refractivity contribution < 1.29 is 17.9 Å². The minimum atomic E-state index is -3.59. The first-order valence-corrected chi connectivity index (χ1v) is 11.3. The lowest BCUT2D eigenvalue weighted by atomic mass is 10.1. The average molecular weight is 395 g/mol. The summed E-state index contributed by atoms with van der Waals surface area (Å²) in [5.41, 5.74) is 2.34. The van der Waals surface area contributed by atoms with Gasteiger partial charge < -0.3 is 9.47 Å². The quantitative estimate of drug-likeness (QED) is 0.829. The van der Waals surface area contributed by atoms with Crippen LogP contribution in [0.5, 0.6) is 5.75 Å². The van der Waals surface area contributed by atoms with Crippen LogP contribution >= 0.6 is 0 Å². The summed E-state index contributed by atoms with van der Waals surface area (Å²) in [7, 11) is -1.98. The van der Waals surface area contributed by atoms with E-state index in [-0.39, 0.29) is 6.04 Å². The van der Waals surface area contributed by atoms with Gasteiger partial charge >= 0.3 is 0 Å². The minimum absolute atomic E-state index is 0.0669. The van der Waals surface area contributed by atoms with Gasteiger partial charge in [0, 0.05) is 25.2 Å². The Balaban J connectivity index is 1.50. The van der Waals surface area contributed by atoms with Crippen LogP contribution in [-0.2, 0) is 14.8 Å². The van der Waals surface area contributed by atoms with Crippen LogP contribution in [0.3, 0.4) is 0 Å². The van der Waals surface area contributed by atoms with Crippen LogP contribution in [0.4, 0.5) is 0 Å². The lowest BCUT2D eigenvalue weighted by molar-refractivity contribution is -0.0581. The van der Waals surface area contributed by atoms with Crippen molar-refractivity contribution in [2.24, 2.45) is 5.92 Å². The van der Waals surface area contributed by atoms with E-state index < -0.39 is 10.0 Å². The first kappa shape index (κ1) is 19.2. The number of nitrogens with zero attached hydrogens (tertiary/aromatic N) is 1. The van der Waals surface area contributed by atoms with Gasteiger partial charge in [0.2, 0.25) is 10.0 Å². The standard InChI is InChI=1S/C20H30N2O4S/c1-12-7-18(25-4)13(2)14(3)20(12)27(23,24)21-16-8-17-11-26-19(15-5-6-15)10-22(17)9-16/h7,15-17,19,21H,5-6,8-11H2,1-4H3/t16-,17+,19-/m1/s1. The van der Waals surface area contributed by atoms with Crippen molar-refractivity contribution in [1.82, 2.24) is 9.62 Å². The third-order valence-corrected chi connectivity index (χ3v) is 8.19. The van der Waals surface area contributed by atoms with Gasteiger partial charge in [-0.15, -0.1) is 0 Å². The lowest BCUT2D eigenvalue weighted by Crippen LogP contribution is -2.47. The van der Waals surface area contributed by atoms with E-state index in [1.165, 1.54) is 12.8 Å². The van der Waals surface area contributed by atoms with E-state index >= 15 is 0 Å². The summed E-state index contributed by atoms with van der Waals surface area (Å²) in [5, 5.41) is 0. The van der Waals surface area contributed by atoms with E-state index in [1.54, 1.807) is 7.11 Å². The smallest absolute Gasteiger partial charge is 0.241 e. The Morgan fingerprint density at radius 2 is 1.93 bits per heavy atom. The van der Waals surface area contributed by atoms with E-state index in [2.05, 4.69) is 9.62 Å². The molecule has 0 amide bonds. The number of hydrogen-bond donors (Lipinski definition) is 1. The third kappa shape index (κ3) is 3.62. The molecule has 0 aromatic heterocycles. The highest BCUT2D eigenvalue weighted by Crippen LogP contribution is 2.38. The molecule has 0 unspecified atom stereocenters. The van der Waals surface area contributed by atoms with Crippen molar-refractivity contribution in [2.45, 2.75) is 63.1 Å². The first-order chi connectivity index (χ1) is 12.8. The van der Waals surface area contributed by atoms with Gasteiger partial charge in [0.25, 0.3) is 0 Å². The Labute approximate surface area is 162 Å². The van der Waals surface area contributed by atoms with Crippen LogP contribution in [0.1, 0.15) is 36.0 Å². The zero-order valence-electron chi connectivity index (χ0n) is 16.6. The van der Waals surface area contributed by atoms with E-state index in [0.29, 0.717) is 23.0 Å². The molecule has 6 nitrogen and oxygen atoms in total. The van der Waals surface area contributed by atoms with Crippen molar-refractivity contribution in [3.63, 3.8) is 0 Å². The number of fused-ring (bicyclic) bond motifs is 1. The number of aryl methyl sites for hydroxylation is 1. The molecule has 4 rings (SSSR count). The summed E-state index contributed by atoms with van der Waals surface area (Å²) < 4.78 is 40.7. The molecule has 2 saturated heterocycles. The topological polar surface area (TPSA) is 67.9 Å². The number of benzene rings is 1. The first-order valence-electron chi connectivity index (χ1n) is 9.83. The molecule has 2 aliphatic heterocycles. The summed E-state index contributed by atoms with van der Waals surface area (Å²) >= 11 is 0. The normalized spacial score (nSPS) is 29.0. The summed E-state index contributed by atoms with van der Waals surface area (Å²) in [6, 6.07) is 2.07. The number of ether oxygens (including phenoxy) is 2. The van der Waals surface area contributed by atoms with Gasteiger partial charge in [0.15, 0.2) is 0 Å². The summed E-state index contributed by atoms with van der Waals surface area (Å²) in [6.45, 7) is 8.01. The van der Waals surface area contributed by atoms with E-state index in [1.807, 2.05) is 26.8 Å². The minimum Gasteiger partial charge on any atom is -0.496 e. The van der Waals surface area contributed by atoms with Gasteiger partial charge in [0.05, 0.1) is 24.7 Å². The second kappa shape index (κ2) is 7.03. The average Bonchev–Trinajstić information content (AvgIpc) is 3.38. The second-order valence-corrected chi connectivity index (χ2v) is 10.00. The second-order valence-electron chi connectivity index (χ2n) is 8.35. The molecule has 27 heavy (non-hydrogen) atoms. The summed E-state index contributed by atoms with van der Waals surface area (Å²) in [6.07, 6.45) is 3.69. The SMILES string of the molecule is COc1cc(C)c(S(=O)(=O)N[C@@H]2C[C@H]3CO[C@@H](C4CC4)CN3C2)c(C)c1C. The fourth-order valence-electron chi connectivity index (χ4n) is 4.66. The van der Waals surface area contributed by atoms with Gasteiger partial charge in [0.1, 0.15) is 5.75 Å². The van der Waals surface area contributed by atoms with Gasteiger partial charge in [-0.05, 0) is 68.7 Å². The molecule has 7 heteroatoms. The van der Waals surface area contributed by atoms with Gasteiger partial charge in [-0.25, -0.2) is 13.1 Å². The predicted octanol–water partition coefficient (Wildman–Crippen LogP) is 2.15.